The molecule has 0 aliphatic rings. The SMILES string of the molecule is Oc1cc(O)c(C=CCOCC=Cc2c(O)cc(O)cc2O)c(O)c1. The highest BCUT2D eigenvalue weighted by atomic mass is 16.5. The Balaban J connectivity index is 1.86. The molecule has 0 fully saturated rings. The third-order valence-corrected chi connectivity index (χ3v) is 3.24. The van der Waals surface area contributed by atoms with Gasteiger partial charge in [-0.1, -0.05) is 12.2 Å². The standard InChI is InChI=1S/C18H18O7/c19-11-7-15(21)13(16(22)8-11)3-1-5-25-6-2-4-14-17(23)9-12(20)10-18(14)24/h1-4,7-10,19-24H,5-6H2. The van der Waals surface area contributed by atoms with Crippen molar-refractivity contribution in [3.63, 3.8) is 0 Å². The van der Waals surface area contributed by atoms with Crippen molar-refractivity contribution >= 4 is 12.2 Å². The van der Waals surface area contributed by atoms with Crippen LogP contribution in [0.15, 0.2) is 36.4 Å². The largest absolute Gasteiger partial charge is 0.508 e. The van der Waals surface area contributed by atoms with Gasteiger partial charge in [-0.05, 0) is 12.2 Å². The van der Waals surface area contributed by atoms with Gasteiger partial charge >= 0.3 is 0 Å². The highest BCUT2D eigenvalue weighted by molar-refractivity contribution is 5.66. The van der Waals surface area contributed by atoms with Crippen molar-refractivity contribution in [1.29, 1.82) is 0 Å². The van der Waals surface area contributed by atoms with E-state index in [0.29, 0.717) is 0 Å². The van der Waals surface area contributed by atoms with Gasteiger partial charge in [0.1, 0.15) is 34.5 Å². The van der Waals surface area contributed by atoms with Gasteiger partial charge in [-0.3, -0.25) is 0 Å². The maximum absolute atomic E-state index is 9.62. The lowest BCUT2D eigenvalue weighted by molar-refractivity contribution is 0.195. The lowest BCUT2D eigenvalue weighted by atomic mass is 10.1. The summed E-state index contributed by atoms with van der Waals surface area (Å²) in [7, 11) is 0. The molecule has 0 amide bonds. The molecule has 0 aliphatic heterocycles. The molecule has 2 aromatic rings. The zero-order chi connectivity index (χ0) is 18.4. The predicted octanol–water partition coefficient (Wildman–Crippen LogP) is 2.66. The maximum atomic E-state index is 9.62. The molecule has 25 heavy (non-hydrogen) atoms. The Labute approximate surface area is 143 Å². The summed E-state index contributed by atoms with van der Waals surface area (Å²) in [4.78, 5) is 0. The predicted molar refractivity (Wildman–Crippen MR) is 91.8 cm³/mol. The van der Waals surface area contributed by atoms with E-state index in [1.165, 1.54) is 12.2 Å². The average Bonchev–Trinajstić information content (AvgIpc) is 2.50. The smallest absolute Gasteiger partial charge is 0.130 e. The number of hydrogen-bond acceptors (Lipinski definition) is 7. The minimum Gasteiger partial charge on any atom is -0.508 e. The van der Waals surface area contributed by atoms with Crippen LogP contribution < -0.4 is 0 Å². The van der Waals surface area contributed by atoms with Crippen molar-refractivity contribution in [2.75, 3.05) is 13.2 Å². The Hall–Kier alpha value is -3.32. The van der Waals surface area contributed by atoms with Crippen LogP contribution in [0.2, 0.25) is 0 Å². The van der Waals surface area contributed by atoms with E-state index in [4.69, 9.17) is 4.74 Å². The van der Waals surface area contributed by atoms with Gasteiger partial charge in [-0.15, -0.1) is 0 Å². The lowest BCUT2D eigenvalue weighted by Gasteiger charge is -2.04. The van der Waals surface area contributed by atoms with Gasteiger partial charge in [0.15, 0.2) is 0 Å². The molecule has 0 spiro atoms. The van der Waals surface area contributed by atoms with Crippen molar-refractivity contribution in [3.05, 3.63) is 47.5 Å². The Morgan fingerprint density at radius 3 is 1.24 bits per heavy atom. The Morgan fingerprint density at radius 1 is 0.600 bits per heavy atom. The van der Waals surface area contributed by atoms with E-state index < -0.39 is 0 Å². The molecule has 132 valence electrons. The minimum atomic E-state index is -0.257. The highest BCUT2D eigenvalue weighted by Gasteiger charge is 2.07. The summed E-state index contributed by atoms with van der Waals surface area (Å²) < 4.78 is 5.29. The molecule has 0 bridgehead atoms. The van der Waals surface area contributed by atoms with E-state index in [0.717, 1.165) is 24.3 Å². The summed E-state index contributed by atoms with van der Waals surface area (Å²) in [6.07, 6.45) is 6.03. The number of phenols is 6. The second-order valence-corrected chi connectivity index (χ2v) is 5.14. The van der Waals surface area contributed by atoms with Gasteiger partial charge in [0, 0.05) is 24.3 Å². The van der Waals surface area contributed by atoms with Crippen molar-refractivity contribution < 1.29 is 35.4 Å². The lowest BCUT2D eigenvalue weighted by Crippen LogP contribution is -1.90. The monoisotopic (exact) mass is 346 g/mol. The Bertz CT molecular complexity index is 696. The van der Waals surface area contributed by atoms with Crippen LogP contribution in [0.4, 0.5) is 0 Å². The summed E-state index contributed by atoms with van der Waals surface area (Å²) in [5.41, 5.74) is 0.326. The third kappa shape index (κ3) is 4.82. The van der Waals surface area contributed by atoms with Crippen LogP contribution in [0.3, 0.4) is 0 Å². The number of aromatic hydroxyl groups is 6. The van der Waals surface area contributed by atoms with Crippen LogP contribution in [0.25, 0.3) is 12.2 Å². The van der Waals surface area contributed by atoms with Crippen LogP contribution in [-0.2, 0) is 4.74 Å². The molecule has 6 N–H and O–H groups in total. The van der Waals surface area contributed by atoms with Gasteiger partial charge in [-0.2, -0.15) is 0 Å². The van der Waals surface area contributed by atoms with Crippen LogP contribution in [-0.4, -0.2) is 43.9 Å². The molecule has 0 radical (unpaired) electrons. The van der Waals surface area contributed by atoms with Crippen molar-refractivity contribution in [3.8, 4) is 34.5 Å². The Kier molecular flexibility index (Phi) is 5.75. The van der Waals surface area contributed by atoms with Gasteiger partial charge in [0.05, 0.1) is 24.3 Å². The maximum Gasteiger partial charge on any atom is 0.130 e. The molecule has 0 saturated heterocycles. The van der Waals surface area contributed by atoms with Crippen LogP contribution in [0.5, 0.6) is 34.5 Å². The van der Waals surface area contributed by atoms with Crippen LogP contribution >= 0.6 is 0 Å². The quantitative estimate of drug-likeness (QED) is 0.443. The van der Waals surface area contributed by atoms with Gasteiger partial charge in [-0.25, -0.2) is 0 Å². The molecule has 0 saturated carbocycles. The molecular weight excluding hydrogens is 328 g/mol. The fourth-order valence-electron chi connectivity index (χ4n) is 2.09. The average molecular weight is 346 g/mol. The van der Waals surface area contributed by atoms with E-state index in [1.54, 1.807) is 12.2 Å². The third-order valence-electron chi connectivity index (χ3n) is 3.24. The molecular formula is C18H18O7. The number of hydrogen-bond donors (Lipinski definition) is 6. The van der Waals surface area contributed by atoms with E-state index in [1.807, 2.05) is 0 Å². The topological polar surface area (TPSA) is 131 Å². The van der Waals surface area contributed by atoms with E-state index in [2.05, 4.69) is 0 Å². The van der Waals surface area contributed by atoms with Gasteiger partial charge < -0.3 is 35.4 Å². The number of phenolic OH excluding ortho intramolecular Hbond substituents is 6. The first kappa shape index (κ1) is 18.0. The molecule has 0 aromatic heterocycles. The van der Waals surface area contributed by atoms with E-state index in [9.17, 15) is 30.6 Å². The van der Waals surface area contributed by atoms with Crippen LogP contribution in [0, 0.1) is 0 Å². The molecule has 0 unspecified atom stereocenters. The highest BCUT2D eigenvalue weighted by Crippen LogP contribution is 2.33. The fourth-order valence-corrected chi connectivity index (χ4v) is 2.09. The molecule has 7 heteroatoms. The summed E-state index contributed by atoms with van der Waals surface area (Å²) in [6, 6.07) is 4.44. The molecule has 7 nitrogen and oxygen atoms in total. The molecule has 2 rings (SSSR count). The van der Waals surface area contributed by atoms with Crippen LogP contribution in [0.1, 0.15) is 11.1 Å². The summed E-state index contributed by atoms with van der Waals surface area (Å²) in [5, 5.41) is 56.9. The first-order chi connectivity index (χ1) is 11.9. The van der Waals surface area contributed by atoms with Crippen molar-refractivity contribution in [2.45, 2.75) is 0 Å². The molecule has 0 heterocycles. The second-order valence-electron chi connectivity index (χ2n) is 5.14. The second kappa shape index (κ2) is 7.98. The van der Waals surface area contributed by atoms with E-state index >= 15 is 0 Å². The first-order valence-electron chi connectivity index (χ1n) is 7.29. The number of rotatable bonds is 6. The van der Waals surface area contributed by atoms with Crippen molar-refractivity contribution in [2.24, 2.45) is 0 Å². The summed E-state index contributed by atoms with van der Waals surface area (Å²) >= 11 is 0. The summed E-state index contributed by atoms with van der Waals surface area (Å²) in [6.45, 7) is 0.356. The summed E-state index contributed by atoms with van der Waals surface area (Å²) in [5.74, 6) is -1.51. The zero-order valence-electron chi connectivity index (χ0n) is 13.1. The molecule has 0 aliphatic carbocycles. The van der Waals surface area contributed by atoms with Gasteiger partial charge in [0.2, 0.25) is 0 Å². The molecule has 2 aromatic carbocycles. The first-order valence-corrected chi connectivity index (χ1v) is 7.29. The van der Waals surface area contributed by atoms with E-state index in [-0.39, 0.29) is 58.8 Å². The molecule has 0 atom stereocenters. The zero-order valence-corrected chi connectivity index (χ0v) is 13.1. The van der Waals surface area contributed by atoms with Gasteiger partial charge in [0.25, 0.3) is 0 Å². The fraction of sp³-hybridized carbons (Fsp3) is 0.111. The normalized spacial score (nSPS) is 11.5. The minimum absolute atomic E-state index is 0.163. The Morgan fingerprint density at radius 2 is 0.920 bits per heavy atom. The number of ether oxygens (including phenoxy) is 1. The number of benzene rings is 2. The van der Waals surface area contributed by atoms with Crippen molar-refractivity contribution in [1.82, 2.24) is 0 Å².